The molecule has 0 radical (unpaired) electrons. The molecule has 3 nitrogen and oxygen atoms in total. The van der Waals surface area contributed by atoms with Crippen LogP contribution in [0.5, 0.6) is 0 Å². The maximum absolute atomic E-state index is 11.5. The zero-order valence-electron chi connectivity index (χ0n) is 8.09. The molecule has 1 atom stereocenters. The molecule has 0 N–H and O–H groups in total. The highest BCUT2D eigenvalue weighted by molar-refractivity contribution is 8.15. The van der Waals surface area contributed by atoms with Crippen LogP contribution in [-0.4, -0.2) is 28.3 Å². The SMILES string of the molecule is O=C1CSC2=NC(c3ccccc3)CN12. The van der Waals surface area contributed by atoms with E-state index in [0.717, 1.165) is 5.17 Å². The van der Waals surface area contributed by atoms with Gasteiger partial charge in [-0.15, -0.1) is 0 Å². The average molecular weight is 218 g/mol. The van der Waals surface area contributed by atoms with Gasteiger partial charge in [-0.2, -0.15) is 0 Å². The molecule has 3 rings (SSSR count). The maximum atomic E-state index is 11.5. The zero-order chi connectivity index (χ0) is 10.3. The van der Waals surface area contributed by atoms with Gasteiger partial charge in [0.05, 0.1) is 18.3 Å². The summed E-state index contributed by atoms with van der Waals surface area (Å²) in [4.78, 5) is 17.8. The molecular formula is C11H10N2OS. The van der Waals surface area contributed by atoms with Crippen molar-refractivity contribution in [3.05, 3.63) is 35.9 Å². The largest absolute Gasteiger partial charge is 0.288 e. The number of amidine groups is 1. The van der Waals surface area contributed by atoms with Gasteiger partial charge in [-0.05, 0) is 5.56 Å². The van der Waals surface area contributed by atoms with Crippen LogP contribution in [0.4, 0.5) is 0 Å². The first kappa shape index (κ1) is 8.97. The van der Waals surface area contributed by atoms with E-state index in [0.29, 0.717) is 12.3 Å². The number of hydrogen-bond acceptors (Lipinski definition) is 3. The van der Waals surface area contributed by atoms with Crippen LogP contribution in [-0.2, 0) is 4.79 Å². The molecule has 1 fully saturated rings. The summed E-state index contributed by atoms with van der Waals surface area (Å²) in [5, 5.41) is 0.897. The molecule has 2 aliphatic heterocycles. The summed E-state index contributed by atoms with van der Waals surface area (Å²) in [5.74, 6) is 0.748. The van der Waals surface area contributed by atoms with E-state index in [1.165, 1.54) is 5.56 Å². The van der Waals surface area contributed by atoms with E-state index in [9.17, 15) is 4.79 Å². The number of hydrogen-bond donors (Lipinski definition) is 0. The third kappa shape index (κ3) is 1.45. The highest BCUT2D eigenvalue weighted by atomic mass is 32.2. The van der Waals surface area contributed by atoms with Gasteiger partial charge in [-0.1, -0.05) is 42.1 Å². The molecule has 2 heterocycles. The number of carbonyl (C=O) groups is 1. The fraction of sp³-hybridized carbons (Fsp3) is 0.273. The molecule has 1 aromatic carbocycles. The third-order valence-corrected chi connectivity index (χ3v) is 3.64. The third-order valence-electron chi connectivity index (χ3n) is 2.66. The van der Waals surface area contributed by atoms with Gasteiger partial charge in [-0.25, -0.2) is 0 Å². The van der Waals surface area contributed by atoms with Crippen LogP contribution < -0.4 is 0 Å². The molecule has 0 aliphatic carbocycles. The molecule has 0 bridgehead atoms. The average Bonchev–Trinajstić information content (AvgIpc) is 2.83. The van der Waals surface area contributed by atoms with E-state index in [4.69, 9.17) is 0 Å². The molecular weight excluding hydrogens is 208 g/mol. The summed E-state index contributed by atoms with van der Waals surface area (Å²) < 4.78 is 0. The molecule has 0 saturated carbocycles. The van der Waals surface area contributed by atoms with Crippen molar-refractivity contribution in [2.24, 2.45) is 4.99 Å². The van der Waals surface area contributed by atoms with Gasteiger partial charge in [0.2, 0.25) is 5.91 Å². The van der Waals surface area contributed by atoms with E-state index in [1.807, 2.05) is 18.2 Å². The number of nitrogens with zero attached hydrogens (tertiary/aromatic N) is 2. The normalized spacial score (nSPS) is 24.3. The van der Waals surface area contributed by atoms with Crippen molar-refractivity contribution in [2.45, 2.75) is 6.04 Å². The Labute approximate surface area is 92.2 Å². The summed E-state index contributed by atoms with van der Waals surface area (Å²) in [6.45, 7) is 0.713. The van der Waals surface area contributed by atoms with Crippen molar-refractivity contribution < 1.29 is 4.79 Å². The summed E-state index contributed by atoms with van der Waals surface area (Å²) in [7, 11) is 0. The molecule has 1 aromatic rings. The second kappa shape index (κ2) is 3.38. The highest BCUT2D eigenvalue weighted by Gasteiger charge is 2.35. The lowest BCUT2D eigenvalue weighted by Gasteiger charge is -2.11. The quantitative estimate of drug-likeness (QED) is 0.718. The molecule has 1 unspecified atom stereocenters. The van der Waals surface area contributed by atoms with Crippen LogP contribution in [0.3, 0.4) is 0 Å². The van der Waals surface area contributed by atoms with Gasteiger partial charge in [0, 0.05) is 0 Å². The summed E-state index contributed by atoms with van der Waals surface area (Å²) in [6.07, 6.45) is 0. The number of amides is 1. The first-order valence-corrected chi connectivity index (χ1v) is 5.89. The Morgan fingerprint density at radius 2 is 2.13 bits per heavy atom. The molecule has 0 aromatic heterocycles. The second-order valence-electron chi connectivity index (χ2n) is 3.63. The number of rotatable bonds is 1. The number of benzene rings is 1. The Hall–Kier alpha value is -1.29. The topological polar surface area (TPSA) is 32.7 Å². The number of carbonyl (C=O) groups excluding carboxylic acids is 1. The minimum Gasteiger partial charge on any atom is -0.288 e. The summed E-state index contributed by atoms with van der Waals surface area (Å²) in [6, 6.07) is 10.3. The molecule has 76 valence electrons. The summed E-state index contributed by atoms with van der Waals surface area (Å²) in [5.41, 5.74) is 1.19. The lowest BCUT2D eigenvalue weighted by molar-refractivity contribution is -0.123. The molecule has 2 aliphatic rings. The molecule has 1 saturated heterocycles. The Balaban J connectivity index is 1.89. The van der Waals surface area contributed by atoms with E-state index in [-0.39, 0.29) is 11.9 Å². The predicted octanol–water partition coefficient (Wildman–Crippen LogP) is 1.67. The second-order valence-corrected chi connectivity index (χ2v) is 4.57. The van der Waals surface area contributed by atoms with Crippen molar-refractivity contribution >= 4 is 22.8 Å². The van der Waals surface area contributed by atoms with E-state index in [1.54, 1.807) is 16.7 Å². The lowest BCUT2D eigenvalue weighted by Crippen LogP contribution is -2.27. The lowest BCUT2D eigenvalue weighted by atomic mass is 10.1. The van der Waals surface area contributed by atoms with Crippen molar-refractivity contribution in [1.29, 1.82) is 0 Å². The number of fused-ring (bicyclic) bond motifs is 1. The minimum atomic E-state index is 0.137. The van der Waals surface area contributed by atoms with Crippen LogP contribution in [0.2, 0.25) is 0 Å². The molecule has 4 heteroatoms. The first-order valence-electron chi connectivity index (χ1n) is 4.90. The maximum Gasteiger partial charge on any atom is 0.239 e. The van der Waals surface area contributed by atoms with Gasteiger partial charge in [-0.3, -0.25) is 14.7 Å². The predicted molar refractivity (Wildman–Crippen MR) is 60.8 cm³/mol. The van der Waals surface area contributed by atoms with Crippen LogP contribution in [0, 0.1) is 0 Å². The van der Waals surface area contributed by atoms with Crippen molar-refractivity contribution in [1.82, 2.24) is 4.90 Å². The fourth-order valence-electron chi connectivity index (χ4n) is 1.88. The Morgan fingerprint density at radius 3 is 2.87 bits per heavy atom. The van der Waals surface area contributed by atoms with Crippen molar-refractivity contribution in [3.8, 4) is 0 Å². The van der Waals surface area contributed by atoms with E-state index in [2.05, 4.69) is 17.1 Å². The minimum absolute atomic E-state index is 0.137. The van der Waals surface area contributed by atoms with Crippen LogP contribution >= 0.6 is 11.8 Å². The van der Waals surface area contributed by atoms with Crippen molar-refractivity contribution in [3.63, 3.8) is 0 Å². The smallest absolute Gasteiger partial charge is 0.239 e. The monoisotopic (exact) mass is 218 g/mol. The first-order chi connectivity index (χ1) is 7.34. The van der Waals surface area contributed by atoms with Gasteiger partial charge >= 0.3 is 0 Å². The number of thioether (sulfide) groups is 1. The Kier molecular flexibility index (Phi) is 2.02. The van der Waals surface area contributed by atoms with Gasteiger partial charge in [0.1, 0.15) is 0 Å². The van der Waals surface area contributed by atoms with Gasteiger partial charge in [0.15, 0.2) is 5.17 Å². The Morgan fingerprint density at radius 1 is 1.33 bits per heavy atom. The Bertz CT molecular complexity index is 429. The molecule has 1 amide bonds. The molecule has 15 heavy (non-hydrogen) atoms. The van der Waals surface area contributed by atoms with Crippen LogP contribution in [0.25, 0.3) is 0 Å². The van der Waals surface area contributed by atoms with E-state index < -0.39 is 0 Å². The van der Waals surface area contributed by atoms with Gasteiger partial charge < -0.3 is 0 Å². The molecule has 0 spiro atoms. The van der Waals surface area contributed by atoms with E-state index >= 15 is 0 Å². The van der Waals surface area contributed by atoms with Crippen LogP contribution in [0.1, 0.15) is 11.6 Å². The van der Waals surface area contributed by atoms with Crippen LogP contribution in [0.15, 0.2) is 35.3 Å². The highest BCUT2D eigenvalue weighted by Crippen LogP contribution is 2.32. The fourth-order valence-corrected chi connectivity index (χ4v) is 2.82. The zero-order valence-corrected chi connectivity index (χ0v) is 8.91. The van der Waals surface area contributed by atoms with Crippen molar-refractivity contribution in [2.75, 3.05) is 12.3 Å². The van der Waals surface area contributed by atoms with Gasteiger partial charge in [0.25, 0.3) is 0 Å². The standard InChI is InChI=1S/C11H10N2OS/c14-10-7-15-11-12-9(6-13(10)11)8-4-2-1-3-5-8/h1-5,9H,6-7H2. The summed E-state index contributed by atoms with van der Waals surface area (Å²) >= 11 is 1.55. The number of aliphatic imine (C=N–C) groups is 1.